The fourth-order valence-corrected chi connectivity index (χ4v) is 1.97. The van der Waals surface area contributed by atoms with Gasteiger partial charge in [-0.2, -0.15) is 0 Å². The van der Waals surface area contributed by atoms with Gasteiger partial charge in [0.25, 0.3) is 0 Å². The number of ether oxygens (including phenoxy) is 2. The molecule has 1 heterocycles. The van der Waals surface area contributed by atoms with Gasteiger partial charge in [-0.25, -0.2) is 4.79 Å². The first-order valence-electron chi connectivity index (χ1n) is 5.86. The topological polar surface area (TPSA) is 67.9 Å². The molecule has 6 nitrogen and oxygen atoms in total. The Morgan fingerprint density at radius 3 is 2.53 bits per heavy atom. The van der Waals surface area contributed by atoms with E-state index in [1.54, 1.807) is 0 Å². The quantitative estimate of drug-likeness (QED) is 0.650. The van der Waals surface area contributed by atoms with E-state index in [1.807, 2.05) is 4.90 Å². The van der Waals surface area contributed by atoms with Crippen molar-refractivity contribution in [2.24, 2.45) is 0 Å². The van der Waals surface area contributed by atoms with E-state index in [2.05, 4.69) is 10.1 Å². The molecule has 1 saturated heterocycles. The number of methoxy groups -OCH3 is 1. The zero-order valence-electron chi connectivity index (χ0n) is 10.0. The predicted molar refractivity (Wildman–Crippen MR) is 59.4 cm³/mol. The lowest BCUT2D eigenvalue weighted by atomic mass is 10.2. The zero-order valence-corrected chi connectivity index (χ0v) is 10.0. The van der Waals surface area contributed by atoms with Crippen LogP contribution in [-0.2, 0) is 19.1 Å². The Labute approximate surface area is 100 Å². The fraction of sp³-hybridized carbons (Fsp3) is 0.818. The number of carbonyl (C=O) groups excluding carboxylic acids is 2. The molecule has 0 unspecified atom stereocenters. The summed E-state index contributed by atoms with van der Waals surface area (Å²) >= 11 is 0. The van der Waals surface area contributed by atoms with Crippen LogP contribution in [0.2, 0.25) is 0 Å². The molecule has 1 saturated carbocycles. The molecule has 0 aromatic rings. The molecule has 1 aliphatic carbocycles. The third kappa shape index (κ3) is 2.95. The van der Waals surface area contributed by atoms with Gasteiger partial charge in [0.2, 0.25) is 5.91 Å². The average molecular weight is 242 g/mol. The lowest BCUT2D eigenvalue weighted by molar-refractivity contribution is -0.146. The van der Waals surface area contributed by atoms with Crippen LogP contribution in [0.15, 0.2) is 0 Å². The van der Waals surface area contributed by atoms with Gasteiger partial charge in [0.1, 0.15) is 5.54 Å². The van der Waals surface area contributed by atoms with E-state index in [4.69, 9.17) is 4.74 Å². The van der Waals surface area contributed by atoms with E-state index in [9.17, 15) is 9.59 Å². The zero-order chi connectivity index (χ0) is 12.3. The van der Waals surface area contributed by atoms with Gasteiger partial charge in [-0.15, -0.1) is 0 Å². The van der Waals surface area contributed by atoms with Crippen LogP contribution in [0.1, 0.15) is 12.8 Å². The minimum Gasteiger partial charge on any atom is -0.467 e. The Morgan fingerprint density at radius 1 is 1.35 bits per heavy atom. The number of hydrogen-bond acceptors (Lipinski definition) is 5. The van der Waals surface area contributed by atoms with Crippen molar-refractivity contribution in [3.05, 3.63) is 0 Å². The van der Waals surface area contributed by atoms with Crippen LogP contribution in [0.4, 0.5) is 0 Å². The lowest BCUT2D eigenvalue weighted by Gasteiger charge is -2.26. The van der Waals surface area contributed by atoms with Gasteiger partial charge in [-0.05, 0) is 12.8 Å². The van der Waals surface area contributed by atoms with Crippen LogP contribution >= 0.6 is 0 Å². The van der Waals surface area contributed by atoms with Gasteiger partial charge in [0, 0.05) is 13.1 Å². The van der Waals surface area contributed by atoms with Gasteiger partial charge in [0.15, 0.2) is 0 Å². The van der Waals surface area contributed by atoms with Crippen molar-refractivity contribution < 1.29 is 19.1 Å². The number of nitrogens with one attached hydrogen (secondary N) is 1. The second-order valence-electron chi connectivity index (χ2n) is 4.51. The highest BCUT2D eigenvalue weighted by Gasteiger charge is 2.52. The molecule has 0 atom stereocenters. The molecular formula is C11H18N2O4. The van der Waals surface area contributed by atoms with Gasteiger partial charge >= 0.3 is 5.97 Å². The first-order chi connectivity index (χ1) is 8.16. The van der Waals surface area contributed by atoms with E-state index in [0.29, 0.717) is 32.6 Å². The van der Waals surface area contributed by atoms with Crippen LogP contribution in [0, 0.1) is 0 Å². The largest absolute Gasteiger partial charge is 0.467 e. The fourth-order valence-electron chi connectivity index (χ4n) is 1.97. The molecule has 2 fully saturated rings. The molecular weight excluding hydrogens is 224 g/mol. The van der Waals surface area contributed by atoms with Gasteiger partial charge in [-0.1, -0.05) is 0 Å². The molecule has 96 valence electrons. The molecule has 1 N–H and O–H groups in total. The van der Waals surface area contributed by atoms with Crippen LogP contribution in [0.5, 0.6) is 0 Å². The van der Waals surface area contributed by atoms with E-state index >= 15 is 0 Å². The normalized spacial score (nSPS) is 22.9. The molecule has 1 aliphatic heterocycles. The molecule has 0 spiro atoms. The average Bonchev–Trinajstić information content (AvgIpc) is 3.10. The van der Waals surface area contributed by atoms with Gasteiger partial charge in [0.05, 0.1) is 26.9 Å². The first kappa shape index (κ1) is 12.3. The van der Waals surface area contributed by atoms with E-state index in [0.717, 1.165) is 13.1 Å². The van der Waals surface area contributed by atoms with Crippen molar-refractivity contribution in [2.45, 2.75) is 18.4 Å². The summed E-state index contributed by atoms with van der Waals surface area (Å²) in [6.07, 6.45) is 1.35. The minimum absolute atomic E-state index is 0.116. The van der Waals surface area contributed by atoms with E-state index < -0.39 is 5.54 Å². The number of rotatable bonds is 4. The Bertz CT molecular complexity index is 309. The molecule has 0 radical (unpaired) electrons. The van der Waals surface area contributed by atoms with Crippen molar-refractivity contribution in [3.8, 4) is 0 Å². The Hall–Kier alpha value is -1.14. The number of carbonyl (C=O) groups is 2. The number of amides is 1. The summed E-state index contributed by atoms with van der Waals surface area (Å²) in [7, 11) is 1.34. The molecule has 1 amide bonds. The van der Waals surface area contributed by atoms with Crippen LogP contribution in [-0.4, -0.2) is 62.3 Å². The summed E-state index contributed by atoms with van der Waals surface area (Å²) in [5.41, 5.74) is -0.738. The highest BCUT2D eigenvalue weighted by molar-refractivity contribution is 5.91. The molecule has 17 heavy (non-hydrogen) atoms. The van der Waals surface area contributed by atoms with Gasteiger partial charge in [-0.3, -0.25) is 9.69 Å². The molecule has 0 aromatic heterocycles. The first-order valence-corrected chi connectivity index (χ1v) is 5.86. The van der Waals surface area contributed by atoms with E-state index in [-0.39, 0.29) is 11.9 Å². The van der Waals surface area contributed by atoms with Crippen molar-refractivity contribution in [1.82, 2.24) is 10.2 Å². The SMILES string of the molecule is COC(=O)C1(NC(=O)CN2CCOCC2)CC1. The van der Waals surface area contributed by atoms with Crippen molar-refractivity contribution >= 4 is 11.9 Å². The van der Waals surface area contributed by atoms with Crippen LogP contribution in [0.25, 0.3) is 0 Å². The predicted octanol–water partition coefficient (Wildman–Crippen LogP) is -0.860. The van der Waals surface area contributed by atoms with Crippen LogP contribution in [0.3, 0.4) is 0 Å². The molecule has 6 heteroatoms. The smallest absolute Gasteiger partial charge is 0.331 e. The summed E-state index contributed by atoms with van der Waals surface area (Å²) in [5, 5.41) is 2.77. The molecule has 2 rings (SSSR count). The van der Waals surface area contributed by atoms with Crippen molar-refractivity contribution in [3.63, 3.8) is 0 Å². The molecule has 2 aliphatic rings. The summed E-state index contributed by atoms with van der Waals surface area (Å²) in [5.74, 6) is -0.456. The maximum absolute atomic E-state index is 11.8. The Kier molecular flexibility index (Phi) is 3.63. The summed E-state index contributed by atoms with van der Waals surface area (Å²) in [6.45, 7) is 3.17. The third-order valence-electron chi connectivity index (χ3n) is 3.18. The number of esters is 1. The van der Waals surface area contributed by atoms with E-state index in [1.165, 1.54) is 7.11 Å². The summed E-state index contributed by atoms with van der Waals surface area (Å²) in [4.78, 5) is 25.3. The molecule has 0 bridgehead atoms. The van der Waals surface area contributed by atoms with Crippen LogP contribution < -0.4 is 5.32 Å². The summed E-state index contributed by atoms with van der Waals surface area (Å²) in [6, 6.07) is 0. The van der Waals surface area contributed by atoms with Gasteiger partial charge < -0.3 is 14.8 Å². The second-order valence-corrected chi connectivity index (χ2v) is 4.51. The minimum atomic E-state index is -0.738. The lowest BCUT2D eigenvalue weighted by Crippen LogP contribution is -2.49. The highest BCUT2D eigenvalue weighted by Crippen LogP contribution is 2.36. The number of nitrogens with zero attached hydrogens (tertiary/aromatic N) is 1. The maximum Gasteiger partial charge on any atom is 0.331 e. The maximum atomic E-state index is 11.8. The Morgan fingerprint density at radius 2 is 2.00 bits per heavy atom. The third-order valence-corrected chi connectivity index (χ3v) is 3.18. The summed E-state index contributed by atoms with van der Waals surface area (Å²) < 4.78 is 9.88. The highest BCUT2D eigenvalue weighted by atomic mass is 16.5. The van der Waals surface area contributed by atoms with Crippen molar-refractivity contribution in [1.29, 1.82) is 0 Å². The van der Waals surface area contributed by atoms with Crippen molar-refractivity contribution in [2.75, 3.05) is 40.0 Å². The molecule has 0 aromatic carbocycles. The number of hydrogen-bond donors (Lipinski definition) is 1. The Balaban J connectivity index is 1.79. The standard InChI is InChI=1S/C11H18N2O4/c1-16-10(15)11(2-3-11)12-9(14)8-13-4-6-17-7-5-13/h2-8H2,1H3,(H,12,14). The number of morpholine rings is 1. The monoisotopic (exact) mass is 242 g/mol. The second kappa shape index (κ2) is 5.01.